The van der Waals surface area contributed by atoms with Crippen molar-refractivity contribution in [3.05, 3.63) is 28.7 Å². The van der Waals surface area contributed by atoms with Crippen molar-refractivity contribution in [2.75, 3.05) is 18.0 Å². The van der Waals surface area contributed by atoms with Crippen molar-refractivity contribution in [1.29, 1.82) is 0 Å². The molecule has 0 saturated carbocycles. The topological polar surface area (TPSA) is 40.5 Å². The van der Waals surface area contributed by atoms with Crippen molar-refractivity contribution in [1.82, 2.24) is 0 Å². The standard InChI is InChI=1S/C10H12BrNO2/c1-2-12(7-10(13)14)9-5-3-4-8(11)6-9/h3-6H,2,7H2,1H3,(H,13,14). The van der Waals surface area contributed by atoms with Crippen LogP contribution in [0.4, 0.5) is 5.69 Å². The first-order valence-electron chi connectivity index (χ1n) is 4.35. The fourth-order valence-electron chi connectivity index (χ4n) is 1.22. The Morgan fingerprint density at radius 1 is 1.57 bits per heavy atom. The number of hydrogen-bond donors (Lipinski definition) is 1. The number of nitrogens with zero attached hydrogens (tertiary/aromatic N) is 1. The first-order chi connectivity index (χ1) is 6.63. The fraction of sp³-hybridized carbons (Fsp3) is 0.300. The number of carboxylic acids is 1. The van der Waals surface area contributed by atoms with E-state index < -0.39 is 5.97 Å². The van der Waals surface area contributed by atoms with Gasteiger partial charge in [0.1, 0.15) is 6.54 Å². The Bertz CT molecular complexity index is 328. The minimum absolute atomic E-state index is 0.0347. The highest BCUT2D eigenvalue weighted by molar-refractivity contribution is 9.10. The third-order valence-corrected chi connectivity index (χ3v) is 2.37. The minimum atomic E-state index is -0.813. The second-order valence-electron chi connectivity index (χ2n) is 2.89. The first kappa shape index (κ1) is 11.0. The summed E-state index contributed by atoms with van der Waals surface area (Å²) in [6.07, 6.45) is 0. The Labute approximate surface area is 91.5 Å². The molecule has 4 heteroatoms. The molecule has 0 spiro atoms. The lowest BCUT2D eigenvalue weighted by Gasteiger charge is -2.20. The van der Waals surface area contributed by atoms with Gasteiger partial charge in [-0.3, -0.25) is 4.79 Å². The summed E-state index contributed by atoms with van der Waals surface area (Å²) in [6.45, 7) is 2.65. The van der Waals surface area contributed by atoms with Crippen LogP contribution in [0, 0.1) is 0 Å². The molecule has 0 aliphatic heterocycles. The van der Waals surface area contributed by atoms with E-state index in [1.807, 2.05) is 31.2 Å². The van der Waals surface area contributed by atoms with Crippen molar-refractivity contribution in [2.24, 2.45) is 0 Å². The van der Waals surface area contributed by atoms with Crippen molar-refractivity contribution in [2.45, 2.75) is 6.92 Å². The summed E-state index contributed by atoms with van der Waals surface area (Å²) in [4.78, 5) is 12.4. The molecule has 14 heavy (non-hydrogen) atoms. The zero-order valence-corrected chi connectivity index (χ0v) is 9.49. The monoisotopic (exact) mass is 257 g/mol. The Hall–Kier alpha value is -1.03. The highest BCUT2D eigenvalue weighted by atomic mass is 79.9. The number of benzene rings is 1. The van der Waals surface area contributed by atoms with Crippen LogP contribution in [0.5, 0.6) is 0 Å². The zero-order chi connectivity index (χ0) is 10.6. The number of carboxylic acid groups (broad SMARTS) is 1. The molecule has 1 aromatic carbocycles. The molecule has 1 aromatic rings. The van der Waals surface area contributed by atoms with Gasteiger partial charge < -0.3 is 10.0 Å². The Morgan fingerprint density at radius 2 is 2.29 bits per heavy atom. The highest BCUT2D eigenvalue weighted by Gasteiger charge is 2.08. The molecular weight excluding hydrogens is 246 g/mol. The molecule has 0 aliphatic carbocycles. The Balaban J connectivity index is 2.83. The SMILES string of the molecule is CCN(CC(=O)O)c1cccc(Br)c1. The molecule has 0 saturated heterocycles. The van der Waals surface area contributed by atoms with Crippen LogP contribution in [0.15, 0.2) is 28.7 Å². The number of anilines is 1. The molecular formula is C10H12BrNO2. The summed E-state index contributed by atoms with van der Waals surface area (Å²) >= 11 is 3.35. The van der Waals surface area contributed by atoms with E-state index in [1.54, 1.807) is 4.90 Å². The average molecular weight is 258 g/mol. The third kappa shape index (κ3) is 3.03. The normalized spacial score (nSPS) is 9.86. The number of halogens is 1. The molecule has 0 amide bonds. The van der Waals surface area contributed by atoms with E-state index in [2.05, 4.69) is 15.9 Å². The lowest BCUT2D eigenvalue weighted by Crippen LogP contribution is -2.29. The minimum Gasteiger partial charge on any atom is -0.480 e. The third-order valence-electron chi connectivity index (χ3n) is 1.88. The van der Waals surface area contributed by atoms with E-state index in [0.717, 1.165) is 10.2 Å². The van der Waals surface area contributed by atoms with Gasteiger partial charge >= 0.3 is 5.97 Å². The number of hydrogen-bond acceptors (Lipinski definition) is 2. The van der Waals surface area contributed by atoms with Crippen molar-refractivity contribution >= 4 is 27.6 Å². The lowest BCUT2D eigenvalue weighted by atomic mass is 10.3. The summed E-state index contributed by atoms with van der Waals surface area (Å²) in [7, 11) is 0. The van der Waals surface area contributed by atoms with E-state index in [9.17, 15) is 4.79 Å². The van der Waals surface area contributed by atoms with Gasteiger partial charge in [-0.25, -0.2) is 0 Å². The first-order valence-corrected chi connectivity index (χ1v) is 5.15. The van der Waals surface area contributed by atoms with E-state index in [1.165, 1.54) is 0 Å². The molecule has 0 fully saturated rings. The molecule has 76 valence electrons. The Kier molecular flexibility index (Phi) is 3.95. The van der Waals surface area contributed by atoms with Gasteiger partial charge in [-0.1, -0.05) is 22.0 Å². The maximum absolute atomic E-state index is 10.6. The van der Waals surface area contributed by atoms with Gasteiger partial charge in [0, 0.05) is 16.7 Å². The molecule has 0 atom stereocenters. The maximum Gasteiger partial charge on any atom is 0.323 e. The van der Waals surface area contributed by atoms with Gasteiger partial charge in [0.15, 0.2) is 0 Å². The van der Waals surface area contributed by atoms with Gasteiger partial charge in [0.25, 0.3) is 0 Å². The zero-order valence-electron chi connectivity index (χ0n) is 7.90. The molecule has 0 unspecified atom stereocenters. The van der Waals surface area contributed by atoms with Crippen LogP contribution in [-0.4, -0.2) is 24.2 Å². The van der Waals surface area contributed by atoms with Crippen LogP contribution in [0.3, 0.4) is 0 Å². The fourth-order valence-corrected chi connectivity index (χ4v) is 1.61. The van der Waals surface area contributed by atoms with Crippen LogP contribution in [0.1, 0.15) is 6.92 Å². The van der Waals surface area contributed by atoms with Crippen LogP contribution >= 0.6 is 15.9 Å². The van der Waals surface area contributed by atoms with Crippen LogP contribution in [0.2, 0.25) is 0 Å². The second-order valence-corrected chi connectivity index (χ2v) is 3.80. The van der Waals surface area contributed by atoms with E-state index in [0.29, 0.717) is 6.54 Å². The Morgan fingerprint density at radius 3 is 2.79 bits per heavy atom. The summed E-state index contributed by atoms with van der Waals surface area (Å²) in [6, 6.07) is 7.62. The molecule has 0 heterocycles. The number of aliphatic carboxylic acids is 1. The summed E-state index contributed by atoms with van der Waals surface area (Å²) < 4.78 is 0.957. The predicted molar refractivity (Wildman–Crippen MR) is 59.7 cm³/mol. The molecule has 1 N–H and O–H groups in total. The smallest absolute Gasteiger partial charge is 0.323 e. The van der Waals surface area contributed by atoms with Gasteiger partial charge in [-0.2, -0.15) is 0 Å². The predicted octanol–water partition coefficient (Wildman–Crippen LogP) is 2.36. The molecule has 0 bridgehead atoms. The average Bonchev–Trinajstić information content (AvgIpc) is 2.14. The van der Waals surface area contributed by atoms with E-state index in [4.69, 9.17) is 5.11 Å². The number of carbonyl (C=O) groups is 1. The number of likely N-dealkylation sites (N-methyl/N-ethyl adjacent to an activating group) is 1. The molecule has 1 rings (SSSR count). The molecule has 0 aliphatic rings. The summed E-state index contributed by atoms with van der Waals surface area (Å²) in [5.41, 5.74) is 0.921. The quantitative estimate of drug-likeness (QED) is 0.901. The van der Waals surface area contributed by atoms with Gasteiger partial charge in [0.05, 0.1) is 0 Å². The van der Waals surface area contributed by atoms with E-state index in [-0.39, 0.29) is 6.54 Å². The van der Waals surface area contributed by atoms with Crippen molar-refractivity contribution in [3.63, 3.8) is 0 Å². The highest BCUT2D eigenvalue weighted by Crippen LogP contribution is 2.19. The van der Waals surface area contributed by atoms with Gasteiger partial charge in [-0.05, 0) is 25.1 Å². The van der Waals surface area contributed by atoms with Gasteiger partial charge in [0.2, 0.25) is 0 Å². The maximum atomic E-state index is 10.6. The van der Waals surface area contributed by atoms with Crippen LogP contribution in [-0.2, 0) is 4.79 Å². The van der Waals surface area contributed by atoms with Crippen molar-refractivity contribution < 1.29 is 9.90 Å². The number of rotatable bonds is 4. The lowest BCUT2D eigenvalue weighted by molar-refractivity contribution is -0.135. The molecule has 0 aromatic heterocycles. The largest absolute Gasteiger partial charge is 0.480 e. The van der Waals surface area contributed by atoms with Crippen molar-refractivity contribution in [3.8, 4) is 0 Å². The van der Waals surface area contributed by atoms with E-state index >= 15 is 0 Å². The molecule has 0 radical (unpaired) electrons. The van der Waals surface area contributed by atoms with Gasteiger partial charge in [-0.15, -0.1) is 0 Å². The second kappa shape index (κ2) is 5.00. The summed E-state index contributed by atoms with van der Waals surface area (Å²) in [5.74, 6) is -0.813. The molecule has 3 nitrogen and oxygen atoms in total. The van der Waals surface area contributed by atoms with Crippen LogP contribution < -0.4 is 4.90 Å². The van der Waals surface area contributed by atoms with Crippen LogP contribution in [0.25, 0.3) is 0 Å². The summed E-state index contributed by atoms with van der Waals surface area (Å²) in [5, 5.41) is 8.69.